The molecule has 0 saturated carbocycles. The minimum atomic E-state index is -4.69. The van der Waals surface area contributed by atoms with Crippen molar-refractivity contribution >= 4 is 0 Å². The molecule has 0 unspecified atom stereocenters. The van der Waals surface area contributed by atoms with Crippen LogP contribution >= 0.6 is 0 Å². The lowest BCUT2D eigenvalue weighted by molar-refractivity contribution is -0.274. The molecule has 0 bridgehead atoms. The van der Waals surface area contributed by atoms with Gasteiger partial charge in [0.15, 0.2) is 0 Å². The lowest BCUT2D eigenvalue weighted by Crippen LogP contribution is -2.17. The standard InChI is InChI=1S/C8H7F3O2.2C2H6/c1-5-4-6(12)2-3-7(5)13-8(9,10)11;2*1-2/h2-4,12H,1H3;2*1-2H3. The van der Waals surface area contributed by atoms with Gasteiger partial charge in [-0.25, -0.2) is 0 Å². The first-order valence-electron chi connectivity index (χ1n) is 5.44. The number of hydrogen-bond donors (Lipinski definition) is 1. The number of aryl methyl sites for hydroxylation is 1. The van der Waals surface area contributed by atoms with E-state index in [1.54, 1.807) is 0 Å². The average molecular weight is 252 g/mol. The molecule has 2 nitrogen and oxygen atoms in total. The first-order valence-corrected chi connectivity index (χ1v) is 5.44. The number of ether oxygens (including phenoxy) is 1. The first-order chi connectivity index (χ1) is 7.88. The molecular weight excluding hydrogens is 233 g/mol. The second kappa shape index (κ2) is 8.73. The maximum atomic E-state index is 11.7. The van der Waals surface area contributed by atoms with Gasteiger partial charge < -0.3 is 9.84 Å². The summed E-state index contributed by atoms with van der Waals surface area (Å²) in [7, 11) is 0. The minimum absolute atomic E-state index is 0.0907. The molecule has 0 saturated heterocycles. The highest BCUT2D eigenvalue weighted by molar-refractivity contribution is 5.38. The number of rotatable bonds is 1. The van der Waals surface area contributed by atoms with Crippen LogP contribution in [0.15, 0.2) is 18.2 Å². The Bertz CT molecular complexity index is 309. The van der Waals surface area contributed by atoms with Crippen molar-refractivity contribution in [2.24, 2.45) is 0 Å². The minimum Gasteiger partial charge on any atom is -0.508 e. The maximum Gasteiger partial charge on any atom is 0.573 e. The van der Waals surface area contributed by atoms with Gasteiger partial charge in [-0.1, -0.05) is 27.7 Å². The summed E-state index contributed by atoms with van der Waals surface area (Å²) in [5.74, 6) is -0.391. The first kappa shape index (κ1) is 18.0. The topological polar surface area (TPSA) is 29.5 Å². The van der Waals surface area contributed by atoms with Crippen LogP contribution in [0.4, 0.5) is 13.2 Å². The van der Waals surface area contributed by atoms with Crippen molar-refractivity contribution in [2.75, 3.05) is 0 Å². The van der Waals surface area contributed by atoms with E-state index in [4.69, 9.17) is 5.11 Å². The van der Waals surface area contributed by atoms with Crippen LogP contribution in [0.2, 0.25) is 0 Å². The third kappa shape index (κ3) is 8.42. The molecule has 0 aliphatic carbocycles. The summed E-state index contributed by atoms with van der Waals surface area (Å²) in [5, 5.41) is 8.90. The van der Waals surface area contributed by atoms with E-state index in [9.17, 15) is 13.2 Å². The highest BCUT2D eigenvalue weighted by Crippen LogP contribution is 2.28. The monoisotopic (exact) mass is 252 g/mol. The highest BCUT2D eigenvalue weighted by atomic mass is 19.4. The summed E-state index contributed by atoms with van der Waals surface area (Å²) in [5.41, 5.74) is 0.234. The van der Waals surface area contributed by atoms with Crippen molar-refractivity contribution in [3.63, 3.8) is 0 Å². The van der Waals surface area contributed by atoms with Gasteiger partial charge in [-0.15, -0.1) is 13.2 Å². The number of alkyl halides is 3. The molecule has 1 N–H and O–H groups in total. The van der Waals surface area contributed by atoms with Crippen molar-refractivity contribution in [3.05, 3.63) is 23.8 Å². The molecule has 0 amide bonds. The Morgan fingerprint density at radius 1 is 1.06 bits per heavy atom. The highest BCUT2D eigenvalue weighted by Gasteiger charge is 2.31. The van der Waals surface area contributed by atoms with Gasteiger partial charge in [0.25, 0.3) is 0 Å². The molecular formula is C12H19F3O2. The van der Waals surface area contributed by atoms with E-state index in [2.05, 4.69) is 4.74 Å². The zero-order chi connectivity index (χ0) is 14.1. The third-order valence-corrected chi connectivity index (χ3v) is 1.38. The summed E-state index contributed by atoms with van der Waals surface area (Å²) >= 11 is 0. The predicted octanol–water partition coefficient (Wildman–Crippen LogP) is 4.65. The van der Waals surface area contributed by atoms with Crippen LogP contribution < -0.4 is 4.74 Å². The molecule has 0 atom stereocenters. The number of phenols is 1. The third-order valence-electron chi connectivity index (χ3n) is 1.38. The van der Waals surface area contributed by atoms with E-state index in [-0.39, 0.29) is 17.1 Å². The average Bonchev–Trinajstić information content (AvgIpc) is 2.27. The molecule has 0 fully saturated rings. The Morgan fingerprint density at radius 3 is 1.88 bits per heavy atom. The van der Waals surface area contributed by atoms with Gasteiger partial charge in [0.2, 0.25) is 0 Å². The quantitative estimate of drug-likeness (QED) is 0.788. The van der Waals surface area contributed by atoms with E-state index < -0.39 is 6.36 Å². The number of benzene rings is 1. The zero-order valence-electron chi connectivity index (χ0n) is 10.7. The molecule has 1 aromatic rings. The van der Waals surface area contributed by atoms with Crippen molar-refractivity contribution in [1.29, 1.82) is 0 Å². The van der Waals surface area contributed by atoms with Gasteiger partial charge in [0.05, 0.1) is 0 Å². The molecule has 1 aromatic carbocycles. The van der Waals surface area contributed by atoms with Crippen LogP contribution in [-0.4, -0.2) is 11.5 Å². The Balaban J connectivity index is 0. The summed E-state index contributed by atoms with van der Waals surface area (Å²) in [6.07, 6.45) is -4.69. The van der Waals surface area contributed by atoms with Crippen LogP contribution in [0.3, 0.4) is 0 Å². The molecule has 17 heavy (non-hydrogen) atoms. The summed E-state index contributed by atoms with van der Waals surface area (Å²) in [6, 6.07) is 3.40. The second-order valence-electron chi connectivity index (χ2n) is 2.50. The molecule has 1 rings (SSSR count). The van der Waals surface area contributed by atoms with Crippen molar-refractivity contribution in [1.82, 2.24) is 0 Å². The van der Waals surface area contributed by atoms with Crippen molar-refractivity contribution in [3.8, 4) is 11.5 Å². The van der Waals surface area contributed by atoms with Gasteiger partial charge >= 0.3 is 6.36 Å². The molecule has 0 spiro atoms. The van der Waals surface area contributed by atoms with Crippen LogP contribution in [-0.2, 0) is 0 Å². The fourth-order valence-electron chi connectivity index (χ4n) is 0.873. The summed E-state index contributed by atoms with van der Waals surface area (Å²) < 4.78 is 38.9. The molecule has 100 valence electrons. The largest absolute Gasteiger partial charge is 0.573 e. The summed E-state index contributed by atoms with van der Waals surface area (Å²) in [6.45, 7) is 9.42. The Hall–Kier alpha value is -1.39. The van der Waals surface area contributed by atoms with E-state index in [0.29, 0.717) is 0 Å². The number of phenolic OH excluding ortho intramolecular Hbond substituents is 1. The van der Waals surface area contributed by atoms with E-state index in [1.807, 2.05) is 27.7 Å². The van der Waals surface area contributed by atoms with Crippen molar-refractivity contribution < 1.29 is 23.0 Å². The number of aromatic hydroxyl groups is 1. The van der Waals surface area contributed by atoms with Crippen LogP contribution in [0, 0.1) is 6.92 Å². The normalized spacial score (nSPS) is 9.41. The SMILES string of the molecule is CC.CC.Cc1cc(O)ccc1OC(F)(F)F. The molecule has 0 aliphatic heterocycles. The van der Waals surface area contributed by atoms with Gasteiger partial charge in [-0.05, 0) is 30.7 Å². The number of hydrogen-bond acceptors (Lipinski definition) is 2. The van der Waals surface area contributed by atoms with Crippen LogP contribution in [0.1, 0.15) is 33.3 Å². The number of halogens is 3. The van der Waals surface area contributed by atoms with Gasteiger partial charge in [-0.2, -0.15) is 0 Å². The van der Waals surface area contributed by atoms with Gasteiger partial charge in [0.1, 0.15) is 11.5 Å². The second-order valence-corrected chi connectivity index (χ2v) is 2.50. The lowest BCUT2D eigenvalue weighted by atomic mass is 10.2. The fourth-order valence-corrected chi connectivity index (χ4v) is 0.873. The maximum absolute atomic E-state index is 11.7. The lowest BCUT2D eigenvalue weighted by Gasteiger charge is -2.10. The Kier molecular flexibility index (Phi) is 9.23. The Morgan fingerprint density at radius 2 is 1.53 bits per heavy atom. The van der Waals surface area contributed by atoms with Gasteiger partial charge in [-0.3, -0.25) is 0 Å². The molecule has 0 radical (unpaired) electrons. The van der Waals surface area contributed by atoms with Crippen molar-refractivity contribution in [2.45, 2.75) is 41.0 Å². The molecule has 0 aromatic heterocycles. The van der Waals surface area contributed by atoms with E-state index >= 15 is 0 Å². The van der Waals surface area contributed by atoms with E-state index in [1.165, 1.54) is 13.0 Å². The summed E-state index contributed by atoms with van der Waals surface area (Å²) in [4.78, 5) is 0. The van der Waals surface area contributed by atoms with Crippen LogP contribution in [0.5, 0.6) is 11.5 Å². The predicted molar refractivity (Wildman–Crippen MR) is 62.2 cm³/mol. The fraction of sp³-hybridized carbons (Fsp3) is 0.500. The van der Waals surface area contributed by atoms with Gasteiger partial charge in [0, 0.05) is 0 Å². The Labute approximate surface area is 100 Å². The van der Waals surface area contributed by atoms with Crippen LogP contribution in [0.25, 0.3) is 0 Å². The molecule has 5 heteroatoms. The zero-order valence-corrected chi connectivity index (χ0v) is 10.7. The smallest absolute Gasteiger partial charge is 0.508 e. The molecule has 0 heterocycles. The molecule has 0 aliphatic rings. The van der Waals surface area contributed by atoms with E-state index in [0.717, 1.165) is 12.1 Å².